The topological polar surface area (TPSA) is 53.8 Å². The summed E-state index contributed by atoms with van der Waals surface area (Å²) in [6, 6.07) is 12.3. The van der Waals surface area contributed by atoms with E-state index in [-0.39, 0.29) is 18.2 Å². The molecule has 0 saturated heterocycles. The molecule has 6 heteroatoms. The molecule has 112 valence electrons. The van der Waals surface area contributed by atoms with Crippen LogP contribution in [0.15, 0.2) is 47.6 Å². The minimum absolute atomic E-state index is 0. The van der Waals surface area contributed by atoms with E-state index >= 15 is 0 Å². The highest BCUT2D eigenvalue weighted by Crippen LogP contribution is 2.26. The highest BCUT2D eigenvalue weighted by atomic mass is 35.5. The monoisotopic (exact) mass is 326 g/mol. The third-order valence-corrected chi connectivity index (χ3v) is 2.79. The van der Waals surface area contributed by atoms with Crippen molar-refractivity contribution in [3.63, 3.8) is 0 Å². The molecule has 0 heterocycles. The van der Waals surface area contributed by atoms with Gasteiger partial charge >= 0.3 is 0 Å². The molecule has 0 radical (unpaired) electrons. The number of phenolic OH excluding ortho intramolecular Hbond substituents is 1. The average Bonchev–Trinajstić information content (AvgIpc) is 2.45. The molecule has 2 rings (SSSR count). The summed E-state index contributed by atoms with van der Waals surface area (Å²) in [5.74, 6) is 0.567. The number of benzene rings is 2. The van der Waals surface area contributed by atoms with Crippen molar-refractivity contribution in [2.24, 2.45) is 5.10 Å². The number of rotatable bonds is 5. The van der Waals surface area contributed by atoms with Gasteiger partial charge in [0.05, 0.1) is 18.5 Å². The lowest BCUT2D eigenvalue weighted by Gasteiger charge is -2.06. The third kappa shape index (κ3) is 5.17. The summed E-state index contributed by atoms with van der Waals surface area (Å²) in [5.41, 5.74) is 4.56. The number of aromatic hydroxyl groups is 1. The zero-order valence-electron chi connectivity index (χ0n) is 11.4. The molecule has 0 aliphatic rings. The number of nitrogens with zero attached hydrogens (tertiary/aromatic N) is 1. The summed E-state index contributed by atoms with van der Waals surface area (Å²) in [7, 11) is 0. The maximum Gasteiger partial charge on any atom is 0.161 e. The van der Waals surface area contributed by atoms with Crippen LogP contribution in [-0.2, 0) is 0 Å². The molecular weight excluding hydrogens is 311 g/mol. The molecule has 2 aromatic rings. The van der Waals surface area contributed by atoms with E-state index in [9.17, 15) is 5.11 Å². The fraction of sp³-hybridized carbons (Fsp3) is 0.133. The summed E-state index contributed by atoms with van der Waals surface area (Å²) >= 11 is 5.80. The van der Waals surface area contributed by atoms with E-state index in [2.05, 4.69) is 10.5 Å². The Hall–Kier alpha value is -1.91. The highest BCUT2D eigenvalue weighted by molar-refractivity contribution is 6.30. The summed E-state index contributed by atoms with van der Waals surface area (Å²) in [6.07, 6.45) is 1.65. The van der Waals surface area contributed by atoms with Crippen LogP contribution in [0, 0.1) is 0 Å². The number of hydrogen-bond acceptors (Lipinski definition) is 4. The predicted molar refractivity (Wildman–Crippen MR) is 89.2 cm³/mol. The van der Waals surface area contributed by atoms with Crippen LogP contribution < -0.4 is 10.2 Å². The van der Waals surface area contributed by atoms with Gasteiger partial charge in [0, 0.05) is 5.02 Å². The molecule has 0 aromatic heterocycles. The van der Waals surface area contributed by atoms with Gasteiger partial charge in [-0.05, 0) is 55.0 Å². The zero-order valence-corrected chi connectivity index (χ0v) is 13.0. The van der Waals surface area contributed by atoms with E-state index in [0.717, 1.165) is 11.3 Å². The number of anilines is 1. The molecule has 2 aromatic carbocycles. The van der Waals surface area contributed by atoms with Crippen LogP contribution in [0.4, 0.5) is 5.69 Å². The molecule has 0 atom stereocenters. The average molecular weight is 327 g/mol. The summed E-state index contributed by atoms with van der Waals surface area (Å²) in [5, 5.41) is 14.4. The molecular formula is C15H16Cl2N2O2. The molecule has 0 spiro atoms. The van der Waals surface area contributed by atoms with E-state index in [0.29, 0.717) is 17.4 Å². The first kappa shape index (κ1) is 17.1. The van der Waals surface area contributed by atoms with Gasteiger partial charge in [-0.25, -0.2) is 0 Å². The second kappa shape index (κ2) is 8.39. The van der Waals surface area contributed by atoms with Gasteiger partial charge in [-0.3, -0.25) is 5.43 Å². The van der Waals surface area contributed by atoms with Crippen LogP contribution in [0.5, 0.6) is 11.5 Å². The minimum Gasteiger partial charge on any atom is -0.504 e. The van der Waals surface area contributed by atoms with Gasteiger partial charge < -0.3 is 9.84 Å². The number of phenols is 1. The lowest BCUT2D eigenvalue weighted by Crippen LogP contribution is -1.94. The lowest BCUT2D eigenvalue weighted by molar-refractivity contribution is 0.318. The first-order valence-electron chi connectivity index (χ1n) is 6.19. The van der Waals surface area contributed by atoms with E-state index in [1.807, 2.05) is 19.1 Å². The van der Waals surface area contributed by atoms with Gasteiger partial charge in [0.25, 0.3) is 0 Å². The highest BCUT2D eigenvalue weighted by Gasteiger charge is 2.01. The van der Waals surface area contributed by atoms with Crippen molar-refractivity contribution in [2.75, 3.05) is 12.0 Å². The smallest absolute Gasteiger partial charge is 0.161 e. The zero-order chi connectivity index (χ0) is 14.4. The van der Waals surface area contributed by atoms with Crippen molar-refractivity contribution in [1.29, 1.82) is 0 Å². The van der Waals surface area contributed by atoms with E-state index in [1.54, 1.807) is 36.5 Å². The Morgan fingerprint density at radius 1 is 1.24 bits per heavy atom. The Bertz CT molecular complexity index is 601. The number of hydrogen-bond donors (Lipinski definition) is 2. The fourth-order valence-corrected chi connectivity index (χ4v) is 1.71. The molecule has 0 fully saturated rings. The first-order chi connectivity index (χ1) is 9.69. The van der Waals surface area contributed by atoms with Crippen LogP contribution in [0.25, 0.3) is 0 Å². The van der Waals surface area contributed by atoms with Gasteiger partial charge in [-0.1, -0.05) is 11.6 Å². The van der Waals surface area contributed by atoms with Crippen molar-refractivity contribution in [2.45, 2.75) is 6.92 Å². The molecule has 0 unspecified atom stereocenters. The van der Waals surface area contributed by atoms with E-state index in [1.165, 1.54) is 0 Å². The largest absolute Gasteiger partial charge is 0.504 e. The maximum atomic E-state index is 9.60. The molecule has 0 saturated carbocycles. The van der Waals surface area contributed by atoms with Gasteiger partial charge in [0.2, 0.25) is 0 Å². The van der Waals surface area contributed by atoms with Gasteiger partial charge in [-0.15, -0.1) is 12.4 Å². The SMILES string of the molecule is CCOc1cc(/C=N/Nc2ccc(Cl)cc2)ccc1O.Cl. The van der Waals surface area contributed by atoms with E-state index < -0.39 is 0 Å². The second-order valence-corrected chi connectivity index (χ2v) is 4.47. The summed E-state index contributed by atoms with van der Waals surface area (Å²) in [4.78, 5) is 0. The van der Waals surface area contributed by atoms with Crippen LogP contribution in [0.1, 0.15) is 12.5 Å². The normalized spacial score (nSPS) is 10.2. The van der Waals surface area contributed by atoms with Crippen molar-refractivity contribution in [3.8, 4) is 11.5 Å². The summed E-state index contributed by atoms with van der Waals surface area (Å²) < 4.78 is 5.31. The Morgan fingerprint density at radius 3 is 2.62 bits per heavy atom. The quantitative estimate of drug-likeness (QED) is 0.635. The first-order valence-corrected chi connectivity index (χ1v) is 6.57. The van der Waals surface area contributed by atoms with Gasteiger partial charge in [0.15, 0.2) is 11.5 Å². The van der Waals surface area contributed by atoms with Crippen molar-refractivity contribution in [1.82, 2.24) is 0 Å². The fourth-order valence-electron chi connectivity index (χ4n) is 1.59. The minimum atomic E-state index is 0. The van der Waals surface area contributed by atoms with Crippen molar-refractivity contribution in [3.05, 3.63) is 53.1 Å². The number of hydrazone groups is 1. The number of nitrogens with one attached hydrogen (secondary N) is 1. The standard InChI is InChI=1S/C15H15ClN2O2.ClH/c1-2-20-15-9-11(3-8-14(15)19)10-17-18-13-6-4-12(16)5-7-13;/h3-10,18-19H,2H2,1H3;1H/b17-10+;. The molecule has 0 aliphatic carbocycles. The number of halogens is 2. The molecule has 0 amide bonds. The van der Waals surface area contributed by atoms with E-state index in [4.69, 9.17) is 16.3 Å². The second-order valence-electron chi connectivity index (χ2n) is 4.04. The molecule has 4 nitrogen and oxygen atoms in total. The Labute approximate surface area is 134 Å². The third-order valence-electron chi connectivity index (χ3n) is 2.54. The molecule has 0 bridgehead atoms. The van der Waals surface area contributed by atoms with Crippen LogP contribution in [0.3, 0.4) is 0 Å². The predicted octanol–water partition coefficient (Wildman–Crippen LogP) is 4.31. The van der Waals surface area contributed by atoms with Crippen LogP contribution >= 0.6 is 24.0 Å². The van der Waals surface area contributed by atoms with Crippen LogP contribution in [0.2, 0.25) is 5.02 Å². The molecule has 21 heavy (non-hydrogen) atoms. The Kier molecular flexibility index (Phi) is 6.85. The van der Waals surface area contributed by atoms with Crippen molar-refractivity contribution >= 4 is 35.9 Å². The van der Waals surface area contributed by atoms with Crippen LogP contribution in [-0.4, -0.2) is 17.9 Å². The Balaban J connectivity index is 0.00000220. The Morgan fingerprint density at radius 2 is 1.95 bits per heavy atom. The summed E-state index contributed by atoms with van der Waals surface area (Å²) in [6.45, 7) is 2.36. The lowest BCUT2D eigenvalue weighted by atomic mass is 10.2. The van der Waals surface area contributed by atoms with Gasteiger partial charge in [-0.2, -0.15) is 5.10 Å². The maximum absolute atomic E-state index is 9.60. The van der Waals surface area contributed by atoms with Crippen molar-refractivity contribution < 1.29 is 9.84 Å². The molecule has 0 aliphatic heterocycles. The van der Waals surface area contributed by atoms with Gasteiger partial charge in [0.1, 0.15) is 0 Å². The molecule has 2 N–H and O–H groups in total. The number of ether oxygens (including phenoxy) is 1.